The second kappa shape index (κ2) is 31.7. The topological polar surface area (TPSA) is 136 Å². The number of aliphatic hydroxyl groups is 4. The molecule has 0 spiro atoms. The highest BCUT2D eigenvalue weighted by Crippen LogP contribution is 2.14. The minimum Gasteiger partial charge on any atom is -0.463 e. The Morgan fingerprint density at radius 1 is 0.523 bits per heavy atom. The first-order valence-corrected chi connectivity index (χ1v) is 18.5. The number of carbonyl (C=O) groups is 2. The molecule has 0 aromatic rings. The molecule has 4 unspecified atom stereocenters. The molecule has 0 saturated heterocycles. The minimum atomic E-state index is -1.90. The molecule has 0 aliphatic rings. The van der Waals surface area contributed by atoms with E-state index in [0.29, 0.717) is 13.0 Å². The lowest BCUT2D eigenvalue weighted by Gasteiger charge is -2.25. The zero-order valence-corrected chi connectivity index (χ0v) is 28.6. The minimum absolute atomic E-state index is 0.228. The smallest absolute Gasteiger partial charge is 0.305 e. The molecule has 0 saturated carbocycles. The first kappa shape index (κ1) is 42.8. The van der Waals surface area contributed by atoms with Crippen molar-refractivity contribution in [1.82, 2.24) is 5.32 Å². The fourth-order valence-corrected chi connectivity index (χ4v) is 5.49. The molecule has 0 bridgehead atoms. The van der Waals surface area contributed by atoms with Crippen LogP contribution in [-0.4, -0.2) is 69.9 Å². The SMILES string of the molecule is CCCCCCCCCCCCCCCCCCNC(=O)C(O)C(O)C(O)C(O)COC(=O)CCCCCCCCCCC. The predicted molar refractivity (Wildman–Crippen MR) is 179 cm³/mol. The van der Waals surface area contributed by atoms with Gasteiger partial charge in [0.2, 0.25) is 0 Å². The lowest BCUT2D eigenvalue weighted by Crippen LogP contribution is -2.52. The van der Waals surface area contributed by atoms with Crippen LogP contribution in [0.3, 0.4) is 0 Å². The van der Waals surface area contributed by atoms with E-state index in [0.717, 1.165) is 38.5 Å². The molecule has 0 fully saturated rings. The van der Waals surface area contributed by atoms with Crippen LogP contribution < -0.4 is 5.32 Å². The summed E-state index contributed by atoms with van der Waals surface area (Å²) in [5.41, 5.74) is 0. The van der Waals surface area contributed by atoms with E-state index in [1.54, 1.807) is 0 Å². The fourth-order valence-electron chi connectivity index (χ4n) is 5.49. The van der Waals surface area contributed by atoms with E-state index in [4.69, 9.17) is 4.74 Å². The Hall–Kier alpha value is -1.22. The quantitative estimate of drug-likeness (QED) is 0.0380. The summed E-state index contributed by atoms with van der Waals surface area (Å²) >= 11 is 0. The molecule has 0 heterocycles. The number of esters is 1. The summed E-state index contributed by atoms with van der Waals surface area (Å²) in [5.74, 6) is -1.28. The molecule has 5 N–H and O–H groups in total. The summed E-state index contributed by atoms with van der Waals surface area (Å²) in [5, 5.41) is 43.1. The number of amides is 1. The molecule has 44 heavy (non-hydrogen) atoms. The van der Waals surface area contributed by atoms with Crippen molar-refractivity contribution >= 4 is 11.9 Å². The van der Waals surface area contributed by atoms with Crippen molar-refractivity contribution in [1.29, 1.82) is 0 Å². The second-order valence-electron chi connectivity index (χ2n) is 12.8. The van der Waals surface area contributed by atoms with Crippen molar-refractivity contribution in [2.75, 3.05) is 13.2 Å². The van der Waals surface area contributed by atoms with Gasteiger partial charge in [-0.1, -0.05) is 162 Å². The molecule has 0 aliphatic carbocycles. The van der Waals surface area contributed by atoms with Crippen LogP contribution in [0.2, 0.25) is 0 Å². The van der Waals surface area contributed by atoms with Crippen LogP contribution in [0.15, 0.2) is 0 Å². The molecule has 8 nitrogen and oxygen atoms in total. The Labute approximate surface area is 270 Å². The largest absolute Gasteiger partial charge is 0.463 e. The fraction of sp³-hybridized carbons (Fsp3) is 0.944. The molecule has 0 radical (unpaired) electrons. The Bertz CT molecular complexity index is 648. The monoisotopic (exact) mass is 630 g/mol. The highest BCUT2D eigenvalue weighted by molar-refractivity contribution is 5.81. The van der Waals surface area contributed by atoms with Crippen LogP contribution in [0.1, 0.15) is 181 Å². The number of hydrogen-bond donors (Lipinski definition) is 5. The molecule has 0 rings (SSSR count). The molecular weight excluding hydrogens is 558 g/mol. The summed E-state index contributed by atoms with van der Waals surface area (Å²) in [6.07, 6.45) is 23.4. The van der Waals surface area contributed by atoms with Crippen LogP contribution in [0.25, 0.3) is 0 Å². The zero-order chi connectivity index (χ0) is 32.7. The number of nitrogens with one attached hydrogen (secondary N) is 1. The average Bonchev–Trinajstić information content (AvgIpc) is 3.03. The van der Waals surface area contributed by atoms with Crippen molar-refractivity contribution in [3.05, 3.63) is 0 Å². The van der Waals surface area contributed by atoms with Gasteiger partial charge in [0.05, 0.1) is 0 Å². The molecular formula is C36H71NO7. The average molecular weight is 630 g/mol. The van der Waals surface area contributed by atoms with Gasteiger partial charge in [0, 0.05) is 13.0 Å². The number of hydrogen-bond acceptors (Lipinski definition) is 7. The van der Waals surface area contributed by atoms with Crippen LogP contribution in [0.5, 0.6) is 0 Å². The van der Waals surface area contributed by atoms with E-state index < -0.39 is 42.9 Å². The van der Waals surface area contributed by atoms with Gasteiger partial charge in [-0.2, -0.15) is 0 Å². The van der Waals surface area contributed by atoms with Gasteiger partial charge in [-0.15, -0.1) is 0 Å². The number of rotatable bonds is 33. The van der Waals surface area contributed by atoms with E-state index in [1.807, 2.05) is 0 Å². The molecule has 1 amide bonds. The van der Waals surface area contributed by atoms with Crippen LogP contribution in [0.4, 0.5) is 0 Å². The number of aliphatic hydroxyl groups excluding tert-OH is 4. The van der Waals surface area contributed by atoms with Crippen LogP contribution >= 0.6 is 0 Å². The standard InChI is InChI=1S/C36H71NO7/c1-3-5-7-9-11-13-14-15-16-17-18-19-21-23-25-27-29-37-36(43)35(42)34(41)33(40)31(38)30-44-32(39)28-26-24-22-20-12-10-8-6-4-2/h31,33-35,38,40-42H,3-30H2,1-2H3,(H,37,43). The Morgan fingerprint density at radius 3 is 1.30 bits per heavy atom. The molecule has 0 aromatic heterocycles. The molecule has 0 aromatic carbocycles. The van der Waals surface area contributed by atoms with Gasteiger partial charge in [-0.05, 0) is 12.8 Å². The predicted octanol–water partition coefficient (Wildman–Crippen LogP) is 7.27. The molecule has 262 valence electrons. The van der Waals surface area contributed by atoms with Crippen molar-refractivity contribution < 1.29 is 34.8 Å². The third kappa shape index (κ3) is 26.0. The van der Waals surface area contributed by atoms with Gasteiger partial charge in [0.25, 0.3) is 5.91 Å². The van der Waals surface area contributed by atoms with Gasteiger partial charge in [-0.3, -0.25) is 9.59 Å². The first-order chi connectivity index (χ1) is 21.3. The highest BCUT2D eigenvalue weighted by Gasteiger charge is 2.34. The van der Waals surface area contributed by atoms with E-state index in [-0.39, 0.29) is 6.42 Å². The van der Waals surface area contributed by atoms with Crippen molar-refractivity contribution in [3.63, 3.8) is 0 Å². The Kier molecular flexibility index (Phi) is 30.9. The van der Waals surface area contributed by atoms with E-state index in [2.05, 4.69) is 19.2 Å². The van der Waals surface area contributed by atoms with E-state index >= 15 is 0 Å². The maximum absolute atomic E-state index is 12.2. The van der Waals surface area contributed by atoms with Gasteiger partial charge < -0.3 is 30.5 Å². The van der Waals surface area contributed by atoms with Crippen molar-refractivity contribution in [2.45, 2.75) is 205 Å². The molecule has 0 aliphatic heterocycles. The van der Waals surface area contributed by atoms with E-state index in [1.165, 1.54) is 116 Å². The maximum atomic E-state index is 12.2. The number of ether oxygens (including phenoxy) is 1. The molecule has 8 heteroatoms. The summed E-state index contributed by atoms with van der Waals surface area (Å²) < 4.78 is 5.01. The Morgan fingerprint density at radius 2 is 0.886 bits per heavy atom. The molecule has 4 atom stereocenters. The van der Waals surface area contributed by atoms with Crippen molar-refractivity contribution in [2.24, 2.45) is 0 Å². The summed E-state index contributed by atoms with van der Waals surface area (Å²) in [7, 11) is 0. The van der Waals surface area contributed by atoms with Gasteiger partial charge >= 0.3 is 5.97 Å². The summed E-state index contributed by atoms with van der Waals surface area (Å²) in [6, 6.07) is 0. The lowest BCUT2D eigenvalue weighted by atomic mass is 10.0. The van der Waals surface area contributed by atoms with Gasteiger partial charge in [-0.25, -0.2) is 0 Å². The van der Waals surface area contributed by atoms with Gasteiger partial charge in [0.15, 0.2) is 6.10 Å². The third-order valence-corrected chi connectivity index (χ3v) is 8.57. The summed E-state index contributed by atoms with van der Waals surface area (Å²) in [6.45, 7) is 4.32. The lowest BCUT2D eigenvalue weighted by molar-refractivity contribution is -0.159. The Balaban J connectivity index is 3.75. The zero-order valence-electron chi connectivity index (χ0n) is 28.6. The van der Waals surface area contributed by atoms with Gasteiger partial charge in [0.1, 0.15) is 24.9 Å². The van der Waals surface area contributed by atoms with Crippen molar-refractivity contribution in [3.8, 4) is 0 Å². The normalized spacial score (nSPS) is 14.2. The highest BCUT2D eigenvalue weighted by atomic mass is 16.5. The third-order valence-electron chi connectivity index (χ3n) is 8.57. The van der Waals surface area contributed by atoms with E-state index in [9.17, 15) is 30.0 Å². The van der Waals surface area contributed by atoms with Crippen LogP contribution in [0, 0.1) is 0 Å². The van der Waals surface area contributed by atoms with Crippen LogP contribution in [-0.2, 0) is 14.3 Å². The number of unbranched alkanes of at least 4 members (excludes halogenated alkanes) is 23. The number of carbonyl (C=O) groups excluding carboxylic acids is 2. The second-order valence-corrected chi connectivity index (χ2v) is 12.8. The first-order valence-electron chi connectivity index (χ1n) is 18.5. The maximum Gasteiger partial charge on any atom is 0.305 e. The summed E-state index contributed by atoms with van der Waals surface area (Å²) in [4.78, 5) is 24.1.